The van der Waals surface area contributed by atoms with Gasteiger partial charge in [0.15, 0.2) is 5.69 Å². The third kappa shape index (κ3) is 4.80. The van der Waals surface area contributed by atoms with Gasteiger partial charge >= 0.3 is 6.18 Å². The van der Waals surface area contributed by atoms with Crippen LogP contribution in [0.3, 0.4) is 0 Å². The molecule has 0 bridgehead atoms. The van der Waals surface area contributed by atoms with E-state index in [1.165, 1.54) is 0 Å². The first-order chi connectivity index (χ1) is 8.97. The number of carbonyl (C=O) groups excluding carboxylic acids is 1. The van der Waals surface area contributed by atoms with Crippen molar-refractivity contribution in [3.05, 3.63) is 16.1 Å². The summed E-state index contributed by atoms with van der Waals surface area (Å²) in [6, 6.07) is -0.202. The number of alkyl halides is 3. The number of rotatable bonds is 4. The fourth-order valence-corrected chi connectivity index (χ4v) is 3.28. The molecule has 2 rings (SSSR count). The van der Waals surface area contributed by atoms with Crippen molar-refractivity contribution >= 4 is 41.4 Å². The number of nitrogens with one attached hydrogen (secondary N) is 2. The molecule has 1 amide bonds. The largest absolute Gasteiger partial charge is 0.434 e. The van der Waals surface area contributed by atoms with E-state index in [9.17, 15) is 18.0 Å². The first kappa shape index (κ1) is 17.5. The van der Waals surface area contributed by atoms with Crippen molar-refractivity contribution in [2.45, 2.75) is 18.6 Å². The van der Waals surface area contributed by atoms with Gasteiger partial charge in [0.1, 0.15) is 0 Å². The number of hydrogen-bond acceptors (Lipinski definition) is 5. The highest BCUT2D eigenvalue weighted by Gasteiger charge is 2.33. The van der Waals surface area contributed by atoms with E-state index in [1.807, 2.05) is 0 Å². The minimum Gasteiger partial charge on any atom is -0.354 e. The summed E-state index contributed by atoms with van der Waals surface area (Å²) in [7, 11) is 0. The van der Waals surface area contributed by atoms with Gasteiger partial charge < -0.3 is 5.32 Å². The lowest BCUT2D eigenvalue weighted by Gasteiger charge is -2.09. The van der Waals surface area contributed by atoms with Crippen LogP contribution < -0.4 is 10.6 Å². The zero-order chi connectivity index (χ0) is 13.9. The normalized spacial score (nSPS) is 18.6. The molecule has 1 saturated heterocycles. The molecule has 1 fully saturated rings. The molecule has 1 aromatic heterocycles. The fourth-order valence-electron chi connectivity index (χ4n) is 1.54. The Hall–Kier alpha value is -0.510. The lowest BCUT2D eigenvalue weighted by Crippen LogP contribution is -2.42. The highest BCUT2D eigenvalue weighted by Crippen LogP contribution is 2.29. The van der Waals surface area contributed by atoms with Gasteiger partial charge in [-0.3, -0.25) is 10.1 Å². The smallest absolute Gasteiger partial charge is 0.354 e. The number of halogens is 4. The molecule has 1 atom stereocenters. The van der Waals surface area contributed by atoms with Crippen LogP contribution in [0.2, 0.25) is 0 Å². The Labute approximate surface area is 128 Å². The second-order valence-electron chi connectivity index (χ2n) is 3.94. The van der Waals surface area contributed by atoms with Gasteiger partial charge in [0.2, 0.25) is 5.91 Å². The zero-order valence-corrected chi connectivity index (χ0v) is 12.6. The van der Waals surface area contributed by atoms with E-state index in [-0.39, 0.29) is 24.4 Å². The monoisotopic (exact) mass is 347 g/mol. The summed E-state index contributed by atoms with van der Waals surface area (Å²) < 4.78 is 37.0. The minimum atomic E-state index is -4.40. The number of aromatic nitrogens is 1. The van der Waals surface area contributed by atoms with Crippen molar-refractivity contribution in [3.63, 3.8) is 0 Å². The SMILES string of the molecule is Cl.O=C(NCCc1nc(C(F)(F)F)cs1)C1CSCN1. The van der Waals surface area contributed by atoms with Gasteiger partial charge in [0.25, 0.3) is 0 Å². The third-order valence-electron chi connectivity index (χ3n) is 2.51. The number of thiazole rings is 1. The maximum Gasteiger partial charge on any atom is 0.434 e. The molecular weight excluding hydrogens is 335 g/mol. The molecule has 1 aliphatic rings. The van der Waals surface area contributed by atoms with E-state index in [0.29, 0.717) is 18.0 Å². The summed E-state index contributed by atoms with van der Waals surface area (Å²) in [5.74, 6) is 1.36. The topological polar surface area (TPSA) is 54.0 Å². The maximum absolute atomic E-state index is 12.3. The van der Waals surface area contributed by atoms with Crippen molar-refractivity contribution in [2.75, 3.05) is 18.2 Å². The molecule has 4 nitrogen and oxygen atoms in total. The van der Waals surface area contributed by atoms with Crippen molar-refractivity contribution in [2.24, 2.45) is 0 Å². The Kier molecular flexibility index (Phi) is 6.56. The Bertz CT molecular complexity index is 449. The van der Waals surface area contributed by atoms with Gasteiger partial charge in [-0.05, 0) is 0 Å². The summed E-state index contributed by atoms with van der Waals surface area (Å²) in [6.45, 7) is 0.298. The van der Waals surface area contributed by atoms with Gasteiger partial charge in [0.05, 0.1) is 11.0 Å². The van der Waals surface area contributed by atoms with Crippen LogP contribution in [0.25, 0.3) is 0 Å². The second-order valence-corrected chi connectivity index (χ2v) is 5.91. The molecule has 0 aromatic carbocycles. The third-order valence-corrected chi connectivity index (χ3v) is 4.36. The average Bonchev–Trinajstić information content (AvgIpc) is 2.99. The molecule has 0 radical (unpaired) electrons. The van der Waals surface area contributed by atoms with Crippen molar-refractivity contribution in [1.29, 1.82) is 0 Å². The molecule has 2 heterocycles. The summed E-state index contributed by atoms with van der Waals surface area (Å²) in [4.78, 5) is 15.1. The average molecular weight is 348 g/mol. The van der Waals surface area contributed by atoms with Crippen LogP contribution in [0.4, 0.5) is 13.2 Å². The fraction of sp³-hybridized carbons (Fsp3) is 0.600. The van der Waals surface area contributed by atoms with E-state index >= 15 is 0 Å². The maximum atomic E-state index is 12.3. The molecule has 1 aromatic rings. The van der Waals surface area contributed by atoms with E-state index in [2.05, 4.69) is 15.6 Å². The minimum absolute atomic E-state index is 0. The molecule has 0 spiro atoms. The van der Waals surface area contributed by atoms with E-state index in [1.54, 1.807) is 11.8 Å². The second kappa shape index (κ2) is 7.48. The predicted octanol–water partition coefficient (Wildman–Crippen LogP) is 1.90. The molecule has 20 heavy (non-hydrogen) atoms. The number of nitrogens with zero attached hydrogens (tertiary/aromatic N) is 1. The standard InChI is InChI=1S/C10H12F3N3OS2.ClH/c11-10(12,13)7-4-19-8(16-7)1-2-14-9(17)6-3-18-5-15-6;/h4,6,15H,1-3,5H2,(H,14,17);1H. The number of carbonyl (C=O) groups is 1. The van der Waals surface area contributed by atoms with Gasteiger partial charge in [-0.2, -0.15) is 13.2 Å². The van der Waals surface area contributed by atoms with Gasteiger partial charge in [0, 0.05) is 30.0 Å². The van der Waals surface area contributed by atoms with E-state index in [0.717, 1.165) is 28.3 Å². The first-order valence-electron chi connectivity index (χ1n) is 5.57. The first-order valence-corrected chi connectivity index (χ1v) is 7.60. The number of hydrogen-bond donors (Lipinski definition) is 2. The Morgan fingerprint density at radius 3 is 2.85 bits per heavy atom. The van der Waals surface area contributed by atoms with Crippen LogP contribution in [-0.4, -0.2) is 35.1 Å². The lowest BCUT2D eigenvalue weighted by atomic mass is 10.3. The number of amides is 1. The van der Waals surface area contributed by atoms with Gasteiger partial charge in [-0.25, -0.2) is 4.98 Å². The molecule has 10 heteroatoms. The highest BCUT2D eigenvalue weighted by molar-refractivity contribution is 7.99. The van der Waals surface area contributed by atoms with Crippen molar-refractivity contribution in [3.8, 4) is 0 Å². The molecule has 2 N–H and O–H groups in total. The van der Waals surface area contributed by atoms with Gasteiger partial charge in [-0.15, -0.1) is 35.5 Å². The quantitative estimate of drug-likeness (QED) is 0.873. The van der Waals surface area contributed by atoms with Crippen LogP contribution in [0.5, 0.6) is 0 Å². The summed E-state index contributed by atoms with van der Waals surface area (Å²) in [5.41, 5.74) is -0.868. The molecule has 1 unspecified atom stereocenters. The van der Waals surface area contributed by atoms with Crippen LogP contribution in [0, 0.1) is 0 Å². The molecule has 0 saturated carbocycles. The summed E-state index contributed by atoms with van der Waals surface area (Å²) in [6.07, 6.45) is -4.09. The Morgan fingerprint density at radius 2 is 2.30 bits per heavy atom. The summed E-state index contributed by atoms with van der Waals surface area (Å²) >= 11 is 2.60. The van der Waals surface area contributed by atoms with Gasteiger partial charge in [-0.1, -0.05) is 0 Å². The summed E-state index contributed by atoms with van der Waals surface area (Å²) in [5, 5.41) is 7.08. The highest BCUT2D eigenvalue weighted by atomic mass is 35.5. The lowest BCUT2D eigenvalue weighted by molar-refractivity contribution is -0.140. The Balaban J connectivity index is 0.00000200. The van der Waals surface area contributed by atoms with Crippen molar-refractivity contribution < 1.29 is 18.0 Å². The van der Waals surface area contributed by atoms with Crippen LogP contribution in [0.1, 0.15) is 10.7 Å². The number of thioether (sulfide) groups is 1. The van der Waals surface area contributed by atoms with E-state index in [4.69, 9.17) is 0 Å². The van der Waals surface area contributed by atoms with Crippen molar-refractivity contribution in [1.82, 2.24) is 15.6 Å². The molecule has 114 valence electrons. The van der Waals surface area contributed by atoms with Crippen LogP contribution in [0.15, 0.2) is 5.38 Å². The molecular formula is C10H13ClF3N3OS2. The van der Waals surface area contributed by atoms with Crippen LogP contribution in [-0.2, 0) is 17.4 Å². The van der Waals surface area contributed by atoms with Crippen LogP contribution >= 0.6 is 35.5 Å². The zero-order valence-electron chi connectivity index (χ0n) is 10.2. The van der Waals surface area contributed by atoms with E-state index < -0.39 is 11.9 Å². The molecule has 0 aliphatic carbocycles. The molecule has 1 aliphatic heterocycles. The Morgan fingerprint density at radius 1 is 1.55 bits per heavy atom. The predicted molar refractivity (Wildman–Crippen MR) is 75.3 cm³/mol.